The van der Waals surface area contributed by atoms with Crippen LogP contribution in [0.2, 0.25) is 0 Å². The van der Waals surface area contributed by atoms with Crippen LogP contribution in [0.5, 0.6) is 0 Å². The molecule has 1 heterocycles. The van der Waals surface area contributed by atoms with Crippen molar-refractivity contribution >= 4 is 11.3 Å². The van der Waals surface area contributed by atoms with Crippen molar-refractivity contribution in [3.05, 3.63) is 15.6 Å². The molecule has 0 unspecified atom stereocenters. The molecule has 108 valence electrons. The summed E-state index contributed by atoms with van der Waals surface area (Å²) in [5.74, 6) is 0. The number of thiazole rings is 1. The van der Waals surface area contributed by atoms with Crippen LogP contribution in [0, 0.1) is 5.41 Å². The number of fused-ring (bicyclic) bond motifs is 1. The maximum Gasteiger partial charge on any atom is 0.107 e. The van der Waals surface area contributed by atoms with Crippen LogP contribution in [0.25, 0.3) is 0 Å². The molecule has 0 aromatic carbocycles. The van der Waals surface area contributed by atoms with Crippen molar-refractivity contribution in [2.45, 2.75) is 58.9 Å². The molecule has 2 N–H and O–H groups in total. The topological polar surface area (TPSA) is 45.1 Å². The number of nitrogens with zero attached hydrogens (tertiary/aromatic N) is 1. The van der Waals surface area contributed by atoms with Crippen LogP contribution in [-0.4, -0.2) is 23.2 Å². The van der Waals surface area contributed by atoms with Crippen molar-refractivity contribution in [2.24, 2.45) is 5.41 Å². The number of hydrogen-bond donors (Lipinski definition) is 2. The molecular formula is C15H26N2OS. The largest absolute Gasteiger partial charge is 0.396 e. The van der Waals surface area contributed by atoms with Crippen molar-refractivity contribution in [2.75, 3.05) is 13.2 Å². The first-order valence-electron chi connectivity index (χ1n) is 7.52. The Labute approximate surface area is 120 Å². The number of nitrogens with one attached hydrogen (secondary N) is 1. The molecule has 4 heteroatoms. The molecule has 0 bridgehead atoms. The Morgan fingerprint density at radius 1 is 1.32 bits per heavy atom. The normalized spacial score (nSPS) is 14.9. The Kier molecular flexibility index (Phi) is 5.37. The number of aryl methyl sites for hydroxylation is 2. The Balaban J connectivity index is 1.84. The molecule has 0 saturated carbocycles. The average Bonchev–Trinajstić information content (AvgIpc) is 2.98. The fourth-order valence-electron chi connectivity index (χ4n) is 2.93. The predicted molar refractivity (Wildman–Crippen MR) is 80.6 cm³/mol. The van der Waals surface area contributed by atoms with Gasteiger partial charge in [-0.25, -0.2) is 4.98 Å². The van der Waals surface area contributed by atoms with E-state index in [1.54, 1.807) is 0 Å². The zero-order valence-corrected chi connectivity index (χ0v) is 13.0. The average molecular weight is 282 g/mol. The molecule has 3 nitrogen and oxygen atoms in total. The van der Waals surface area contributed by atoms with Gasteiger partial charge in [0.15, 0.2) is 0 Å². The van der Waals surface area contributed by atoms with E-state index < -0.39 is 0 Å². The van der Waals surface area contributed by atoms with Crippen molar-refractivity contribution in [3.63, 3.8) is 0 Å². The molecule has 1 aliphatic carbocycles. The number of rotatable bonds is 8. The highest BCUT2D eigenvalue weighted by Crippen LogP contribution is 2.30. The number of aliphatic hydroxyl groups excluding tert-OH is 1. The highest BCUT2D eigenvalue weighted by molar-refractivity contribution is 7.11. The van der Waals surface area contributed by atoms with Crippen LogP contribution < -0.4 is 5.32 Å². The molecule has 0 radical (unpaired) electrons. The Bertz CT molecular complexity index is 377. The monoisotopic (exact) mass is 282 g/mol. The Hall–Kier alpha value is -0.450. The lowest BCUT2D eigenvalue weighted by Gasteiger charge is -2.31. The molecule has 0 atom stereocenters. The van der Waals surface area contributed by atoms with Crippen molar-refractivity contribution in [1.82, 2.24) is 10.3 Å². The van der Waals surface area contributed by atoms with Gasteiger partial charge in [0.25, 0.3) is 0 Å². The molecule has 2 rings (SSSR count). The second-order valence-corrected chi connectivity index (χ2v) is 6.78. The molecule has 0 spiro atoms. The van der Waals surface area contributed by atoms with Gasteiger partial charge >= 0.3 is 0 Å². The highest BCUT2D eigenvalue weighted by Gasteiger charge is 2.25. The third kappa shape index (κ3) is 3.56. The first-order valence-corrected chi connectivity index (χ1v) is 8.33. The number of hydrogen-bond acceptors (Lipinski definition) is 4. The molecule has 0 aliphatic heterocycles. The maximum atomic E-state index is 9.22. The van der Waals surface area contributed by atoms with Crippen molar-refractivity contribution in [1.29, 1.82) is 0 Å². The SMILES string of the molecule is CCC(CC)(CCO)CNCc1nc2c(s1)CCC2. The summed E-state index contributed by atoms with van der Waals surface area (Å²) in [6, 6.07) is 0. The van der Waals surface area contributed by atoms with Crippen molar-refractivity contribution in [3.8, 4) is 0 Å². The maximum absolute atomic E-state index is 9.22. The standard InChI is InChI=1S/C15H26N2OS/c1-3-15(4-2,8-9-18)11-16-10-14-17-12-6-5-7-13(12)19-14/h16,18H,3-11H2,1-2H3. The Morgan fingerprint density at radius 2 is 2.11 bits per heavy atom. The zero-order valence-electron chi connectivity index (χ0n) is 12.2. The van der Waals surface area contributed by atoms with Gasteiger partial charge in [0.05, 0.1) is 5.69 Å². The smallest absolute Gasteiger partial charge is 0.107 e. The summed E-state index contributed by atoms with van der Waals surface area (Å²) in [5.41, 5.74) is 1.59. The van der Waals surface area contributed by atoms with Crippen LogP contribution in [0.3, 0.4) is 0 Å². The quantitative estimate of drug-likeness (QED) is 0.770. The van der Waals surface area contributed by atoms with Gasteiger partial charge in [-0.3, -0.25) is 0 Å². The summed E-state index contributed by atoms with van der Waals surface area (Å²) in [5, 5.41) is 14.0. The summed E-state index contributed by atoms with van der Waals surface area (Å²) >= 11 is 1.88. The second-order valence-electron chi connectivity index (χ2n) is 5.62. The van der Waals surface area contributed by atoms with Gasteiger partial charge < -0.3 is 10.4 Å². The zero-order chi connectivity index (χ0) is 13.7. The summed E-state index contributed by atoms with van der Waals surface area (Å²) < 4.78 is 0. The third-order valence-electron chi connectivity index (χ3n) is 4.56. The molecular weight excluding hydrogens is 256 g/mol. The van der Waals surface area contributed by atoms with Gasteiger partial charge in [-0.1, -0.05) is 13.8 Å². The van der Waals surface area contributed by atoms with Gasteiger partial charge in [0, 0.05) is 24.6 Å². The highest BCUT2D eigenvalue weighted by atomic mass is 32.1. The molecule has 1 aromatic heterocycles. The molecule has 0 amide bonds. The van der Waals surface area contributed by atoms with E-state index in [0.29, 0.717) is 0 Å². The van der Waals surface area contributed by atoms with E-state index in [4.69, 9.17) is 4.98 Å². The third-order valence-corrected chi connectivity index (χ3v) is 5.72. The molecule has 1 aromatic rings. The summed E-state index contributed by atoms with van der Waals surface area (Å²) in [7, 11) is 0. The molecule has 0 saturated heterocycles. The summed E-state index contributed by atoms with van der Waals surface area (Å²) in [6.45, 7) is 6.59. The van der Waals surface area contributed by atoms with Gasteiger partial charge in [-0.2, -0.15) is 0 Å². The van der Waals surface area contributed by atoms with Crippen LogP contribution in [0.1, 0.15) is 55.1 Å². The van der Waals surface area contributed by atoms with E-state index in [1.807, 2.05) is 11.3 Å². The van der Waals surface area contributed by atoms with Gasteiger partial charge in [0.1, 0.15) is 5.01 Å². The van der Waals surface area contributed by atoms with Crippen LogP contribution in [-0.2, 0) is 19.4 Å². The van der Waals surface area contributed by atoms with Crippen LogP contribution >= 0.6 is 11.3 Å². The first kappa shape index (κ1) is 14.9. The lowest BCUT2D eigenvalue weighted by Crippen LogP contribution is -2.34. The minimum atomic E-state index is 0.245. The fourth-order valence-corrected chi connectivity index (χ4v) is 4.06. The summed E-state index contributed by atoms with van der Waals surface area (Å²) in [4.78, 5) is 6.22. The number of aliphatic hydroxyl groups is 1. The summed E-state index contributed by atoms with van der Waals surface area (Å²) in [6.07, 6.45) is 6.81. The lowest BCUT2D eigenvalue weighted by molar-refractivity contribution is 0.163. The van der Waals surface area contributed by atoms with E-state index >= 15 is 0 Å². The lowest BCUT2D eigenvalue weighted by atomic mass is 9.79. The molecule has 0 fully saturated rings. The van der Waals surface area contributed by atoms with Crippen molar-refractivity contribution < 1.29 is 5.11 Å². The van der Waals surface area contributed by atoms with Gasteiger partial charge in [0.2, 0.25) is 0 Å². The minimum absolute atomic E-state index is 0.245. The number of aromatic nitrogens is 1. The van der Waals surface area contributed by atoms with E-state index in [0.717, 1.165) is 32.4 Å². The minimum Gasteiger partial charge on any atom is -0.396 e. The molecule has 19 heavy (non-hydrogen) atoms. The van der Waals surface area contributed by atoms with E-state index in [9.17, 15) is 5.11 Å². The van der Waals surface area contributed by atoms with Crippen LogP contribution in [0.4, 0.5) is 0 Å². The van der Waals surface area contributed by atoms with Crippen LogP contribution in [0.15, 0.2) is 0 Å². The second kappa shape index (κ2) is 6.82. The van der Waals surface area contributed by atoms with E-state index in [2.05, 4.69) is 19.2 Å². The Morgan fingerprint density at radius 3 is 2.74 bits per heavy atom. The van der Waals surface area contributed by atoms with Gasteiger partial charge in [-0.15, -0.1) is 11.3 Å². The van der Waals surface area contributed by atoms with Gasteiger partial charge in [-0.05, 0) is 43.9 Å². The first-order chi connectivity index (χ1) is 9.23. The molecule has 1 aliphatic rings. The fraction of sp³-hybridized carbons (Fsp3) is 0.800. The van der Waals surface area contributed by atoms with E-state index in [1.165, 1.54) is 34.8 Å². The van der Waals surface area contributed by atoms with E-state index in [-0.39, 0.29) is 12.0 Å². The predicted octanol–water partition coefficient (Wildman–Crippen LogP) is 2.91.